The second-order valence-electron chi connectivity index (χ2n) is 5.64. The van der Waals surface area contributed by atoms with Gasteiger partial charge in [0.05, 0.1) is 24.1 Å². The molecule has 1 aromatic heterocycles. The summed E-state index contributed by atoms with van der Waals surface area (Å²) in [6, 6.07) is 8.99. The monoisotopic (exact) mass is 456 g/mol. The molecule has 0 fully saturated rings. The summed E-state index contributed by atoms with van der Waals surface area (Å²) in [5.41, 5.74) is 0.446. The molecule has 0 aliphatic carbocycles. The number of thiophene rings is 1. The number of hydrogen-bond donors (Lipinski definition) is 2. The van der Waals surface area contributed by atoms with E-state index in [4.69, 9.17) is 21.4 Å². The van der Waals surface area contributed by atoms with Crippen LogP contribution in [0, 0.1) is 5.82 Å². The van der Waals surface area contributed by atoms with Crippen LogP contribution in [0.5, 0.6) is 11.5 Å². The Balaban J connectivity index is 2.05. The summed E-state index contributed by atoms with van der Waals surface area (Å²) < 4.78 is 43.6. The number of aromatic hydroxyl groups is 1. The van der Waals surface area contributed by atoms with Crippen molar-refractivity contribution in [2.75, 3.05) is 11.4 Å². The molecule has 0 bridgehead atoms. The van der Waals surface area contributed by atoms with Gasteiger partial charge in [-0.15, -0.1) is 11.3 Å². The highest BCUT2D eigenvalue weighted by Gasteiger charge is 2.20. The Labute approximate surface area is 176 Å². The number of nitrogens with zero attached hydrogens (tertiary/aromatic N) is 1. The summed E-state index contributed by atoms with van der Waals surface area (Å²) in [5, 5.41) is 19.0. The molecular weight excluding hydrogens is 445 g/mol. The summed E-state index contributed by atoms with van der Waals surface area (Å²) in [6.45, 7) is 0. The van der Waals surface area contributed by atoms with Crippen molar-refractivity contribution >= 4 is 50.9 Å². The predicted molar refractivity (Wildman–Crippen MR) is 107 cm³/mol. The van der Waals surface area contributed by atoms with Gasteiger partial charge in [0.15, 0.2) is 11.6 Å². The van der Waals surface area contributed by atoms with E-state index in [0.717, 1.165) is 27.8 Å². The third-order valence-corrected chi connectivity index (χ3v) is 6.10. The largest absolute Gasteiger partial charge is 0.755 e. The van der Waals surface area contributed by atoms with Crippen molar-refractivity contribution < 1.29 is 32.9 Å². The van der Waals surface area contributed by atoms with Crippen molar-refractivity contribution in [1.82, 2.24) is 0 Å². The highest BCUT2D eigenvalue weighted by molar-refractivity contribution is 7.81. The minimum atomic E-state index is -2.81. The molecule has 1 atom stereocenters. The first-order valence-electron chi connectivity index (χ1n) is 7.82. The maximum Gasteiger partial charge on any atom is 0.339 e. The predicted octanol–water partition coefficient (Wildman–Crippen LogP) is 4.55. The Bertz CT molecular complexity index is 1120. The van der Waals surface area contributed by atoms with Crippen LogP contribution in [0.2, 0.25) is 4.34 Å². The zero-order valence-electron chi connectivity index (χ0n) is 14.6. The Morgan fingerprint density at radius 3 is 2.55 bits per heavy atom. The van der Waals surface area contributed by atoms with Crippen LogP contribution >= 0.6 is 22.9 Å². The van der Waals surface area contributed by atoms with E-state index < -0.39 is 28.8 Å². The third kappa shape index (κ3) is 4.20. The maximum atomic E-state index is 14.0. The molecule has 2 N–H and O–H groups in total. The van der Waals surface area contributed by atoms with Gasteiger partial charge < -0.3 is 19.5 Å². The number of aromatic carboxylic acids is 1. The molecule has 0 aliphatic heterocycles. The van der Waals surface area contributed by atoms with E-state index in [1.807, 2.05) is 0 Å². The van der Waals surface area contributed by atoms with Crippen molar-refractivity contribution in [2.24, 2.45) is 0 Å². The number of rotatable bonds is 6. The highest BCUT2D eigenvalue weighted by atomic mass is 35.5. The first-order chi connectivity index (χ1) is 13.7. The normalized spacial score (nSPS) is 11.9. The van der Waals surface area contributed by atoms with Gasteiger partial charge in [-0.25, -0.2) is 9.18 Å². The maximum absolute atomic E-state index is 14.0. The average molecular weight is 457 g/mol. The van der Waals surface area contributed by atoms with Gasteiger partial charge in [0, 0.05) is 11.6 Å². The van der Waals surface area contributed by atoms with Gasteiger partial charge in [0.25, 0.3) is 0 Å². The zero-order valence-corrected chi connectivity index (χ0v) is 17.0. The molecule has 2 aromatic carbocycles. The lowest BCUT2D eigenvalue weighted by molar-refractivity contribution is 0.0693. The second kappa shape index (κ2) is 8.37. The van der Waals surface area contributed by atoms with Gasteiger partial charge in [-0.2, -0.15) is 0 Å². The standard InChI is InChI=1S/C18H13ClFNO6S2/c1-27-15-5-2-9(6-13(15)20)12-8-16(28-17(12)19)21(29(25)26)10-3-4-11(18(23)24)14(22)7-10/h2-8,22H,1H3,(H,23,24)(H,25,26)/p-1. The second-order valence-corrected chi connectivity index (χ2v) is 8.07. The topological polar surface area (TPSA) is 110 Å². The van der Waals surface area contributed by atoms with Crippen molar-refractivity contribution in [2.45, 2.75) is 0 Å². The van der Waals surface area contributed by atoms with Crippen LogP contribution in [-0.2, 0) is 11.3 Å². The van der Waals surface area contributed by atoms with Gasteiger partial charge in [0.2, 0.25) is 0 Å². The molecule has 0 aliphatic rings. The number of phenols is 1. The van der Waals surface area contributed by atoms with Gasteiger partial charge in [0.1, 0.15) is 20.7 Å². The summed E-state index contributed by atoms with van der Waals surface area (Å²) in [4.78, 5) is 11.0. The first kappa shape index (κ1) is 21.1. The van der Waals surface area contributed by atoms with Crippen molar-refractivity contribution in [3.8, 4) is 22.6 Å². The smallest absolute Gasteiger partial charge is 0.339 e. The Hall–Kier alpha value is -2.66. The van der Waals surface area contributed by atoms with Gasteiger partial charge >= 0.3 is 5.97 Å². The molecule has 29 heavy (non-hydrogen) atoms. The molecule has 1 heterocycles. The van der Waals surface area contributed by atoms with E-state index in [0.29, 0.717) is 11.1 Å². The molecule has 0 saturated heterocycles. The number of methoxy groups -OCH3 is 1. The molecular formula is C18H12ClFNO6S2-. The summed E-state index contributed by atoms with van der Waals surface area (Å²) in [5.74, 6) is -2.50. The number of anilines is 2. The lowest BCUT2D eigenvalue weighted by Gasteiger charge is -2.25. The van der Waals surface area contributed by atoms with Crippen molar-refractivity contribution in [1.29, 1.82) is 0 Å². The molecule has 1 unspecified atom stereocenters. The molecule has 0 saturated carbocycles. The number of hydrogen-bond acceptors (Lipinski definition) is 6. The number of benzene rings is 2. The highest BCUT2D eigenvalue weighted by Crippen LogP contribution is 2.44. The SMILES string of the molecule is COc1ccc(-c2cc(N(c3ccc(C(=O)O)c(O)c3)S(=O)[O-])sc2Cl)cc1F. The lowest BCUT2D eigenvalue weighted by atomic mass is 10.1. The van der Waals surface area contributed by atoms with E-state index in [1.54, 1.807) is 6.07 Å². The van der Waals surface area contributed by atoms with Gasteiger partial charge in [-0.1, -0.05) is 17.7 Å². The Kier molecular flexibility index (Phi) is 6.08. The van der Waals surface area contributed by atoms with Crippen LogP contribution in [0.15, 0.2) is 42.5 Å². The molecule has 0 amide bonds. The summed E-state index contributed by atoms with van der Waals surface area (Å²) in [6.07, 6.45) is 0. The van der Waals surface area contributed by atoms with E-state index in [-0.39, 0.29) is 26.3 Å². The average Bonchev–Trinajstić information content (AvgIpc) is 3.02. The Morgan fingerprint density at radius 2 is 2.00 bits per heavy atom. The molecule has 7 nitrogen and oxygen atoms in total. The van der Waals surface area contributed by atoms with Crippen LogP contribution < -0.4 is 9.04 Å². The van der Waals surface area contributed by atoms with Crippen molar-refractivity contribution in [3.63, 3.8) is 0 Å². The number of carboxylic acid groups (broad SMARTS) is 1. The lowest BCUT2D eigenvalue weighted by Crippen LogP contribution is -2.18. The van der Waals surface area contributed by atoms with E-state index in [9.17, 15) is 23.1 Å². The van der Waals surface area contributed by atoms with Crippen LogP contribution in [0.4, 0.5) is 15.1 Å². The number of halogens is 2. The van der Waals surface area contributed by atoms with Crippen LogP contribution in [0.1, 0.15) is 10.4 Å². The number of carboxylic acids is 1. The van der Waals surface area contributed by atoms with E-state index >= 15 is 0 Å². The fraction of sp³-hybridized carbons (Fsp3) is 0.0556. The fourth-order valence-electron chi connectivity index (χ4n) is 2.60. The quantitative estimate of drug-likeness (QED) is 0.526. The number of carbonyl (C=O) groups is 1. The molecule has 0 radical (unpaired) electrons. The molecule has 3 rings (SSSR count). The fourth-order valence-corrected chi connectivity index (χ4v) is 4.62. The zero-order chi connectivity index (χ0) is 21.3. The van der Waals surface area contributed by atoms with E-state index in [1.165, 1.54) is 31.4 Å². The van der Waals surface area contributed by atoms with Crippen molar-refractivity contribution in [3.05, 3.63) is 58.2 Å². The van der Waals surface area contributed by atoms with Crippen LogP contribution in [0.25, 0.3) is 11.1 Å². The van der Waals surface area contributed by atoms with E-state index in [2.05, 4.69) is 0 Å². The summed E-state index contributed by atoms with van der Waals surface area (Å²) >= 11 is 4.36. The molecule has 11 heteroatoms. The molecule has 0 spiro atoms. The number of ether oxygens (including phenoxy) is 1. The van der Waals surface area contributed by atoms with Crippen LogP contribution in [0.3, 0.4) is 0 Å². The first-order valence-corrected chi connectivity index (χ1v) is 10.0. The molecule has 3 aromatic rings. The Morgan fingerprint density at radius 1 is 1.28 bits per heavy atom. The minimum Gasteiger partial charge on any atom is -0.755 e. The van der Waals surface area contributed by atoms with Crippen LogP contribution in [-0.4, -0.2) is 32.1 Å². The van der Waals surface area contributed by atoms with Gasteiger partial charge in [-0.3, -0.25) is 8.51 Å². The summed E-state index contributed by atoms with van der Waals surface area (Å²) in [7, 11) is 1.33. The third-order valence-electron chi connectivity index (χ3n) is 3.93. The van der Waals surface area contributed by atoms with Gasteiger partial charge in [-0.05, 0) is 35.9 Å². The molecule has 152 valence electrons. The minimum absolute atomic E-state index is 0.00575.